The topological polar surface area (TPSA) is 50.7 Å². The van der Waals surface area contributed by atoms with Crippen LogP contribution in [0.5, 0.6) is 0 Å². The Balaban J connectivity index is 3.26. The second-order valence-corrected chi connectivity index (χ2v) is 4.46. The minimum Gasteiger partial charge on any atom is -0.396 e. The molecule has 0 saturated carbocycles. The number of rotatable bonds is 11. The molecule has 0 bridgehead atoms. The summed E-state index contributed by atoms with van der Waals surface area (Å²) in [6, 6.07) is 0. The van der Waals surface area contributed by atoms with Crippen LogP contribution < -0.4 is 5.32 Å². The van der Waals surface area contributed by atoms with Crippen molar-refractivity contribution in [3.8, 4) is 0 Å². The first-order valence-electron chi connectivity index (χ1n) is 6.07. The Morgan fingerprint density at radius 1 is 1.25 bits per heavy atom. The number of hydrogen-bond donors (Lipinski definition) is 2. The summed E-state index contributed by atoms with van der Waals surface area (Å²) < 4.78 is 10.2. The van der Waals surface area contributed by atoms with Crippen LogP contribution in [0.2, 0.25) is 0 Å². The van der Waals surface area contributed by atoms with E-state index in [1.165, 1.54) is 0 Å². The van der Waals surface area contributed by atoms with Gasteiger partial charge >= 0.3 is 0 Å². The standard InChI is InChI=1S/C12H27NO3/c1-4-12(2,11-14)10-13-6-5-7-16-9-8-15-3/h13-14H,4-11H2,1-3H3. The van der Waals surface area contributed by atoms with Gasteiger partial charge in [-0.3, -0.25) is 0 Å². The molecule has 0 aliphatic carbocycles. The van der Waals surface area contributed by atoms with E-state index in [-0.39, 0.29) is 12.0 Å². The Morgan fingerprint density at radius 3 is 2.56 bits per heavy atom. The lowest BCUT2D eigenvalue weighted by Crippen LogP contribution is -2.35. The normalized spacial score (nSPS) is 15.0. The summed E-state index contributed by atoms with van der Waals surface area (Å²) >= 11 is 0. The summed E-state index contributed by atoms with van der Waals surface area (Å²) in [5.41, 5.74) is 0.0108. The zero-order chi connectivity index (χ0) is 12.3. The van der Waals surface area contributed by atoms with Gasteiger partial charge in [-0.1, -0.05) is 13.8 Å². The monoisotopic (exact) mass is 233 g/mol. The lowest BCUT2D eigenvalue weighted by molar-refractivity contribution is 0.0687. The highest BCUT2D eigenvalue weighted by Crippen LogP contribution is 2.17. The van der Waals surface area contributed by atoms with Crippen molar-refractivity contribution in [2.75, 3.05) is 46.6 Å². The third kappa shape index (κ3) is 8.05. The number of aliphatic hydroxyl groups is 1. The molecule has 0 aliphatic rings. The van der Waals surface area contributed by atoms with Crippen molar-refractivity contribution in [1.29, 1.82) is 0 Å². The summed E-state index contributed by atoms with van der Waals surface area (Å²) in [6.45, 7) is 8.31. The Hall–Kier alpha value is -0.160. The van der Waals surface area contributed by atoms with E-state index in [2.05, 4.69) is 19.2 Å². The summed E-state index contributed by atoms with van der Waals surface area (Å²) in [6.07, 6.45) is 1.98. The van der Waals surface area contributed by atoms with Crippen LogP contribution in [0.1, 0.15) is 26.7 Å². The highest BCUT2D eigenvalue weighted by molar-refractivity contribution is 4.73. The molecule has 0 aromatic carbocycles. The van der Waals surface area contributed by atoms with Gasteiger partial charge in [0.05, 0.1) is 13.2 Å². The van der Waals surface area contributed by atoms with E-state index in [1.54, 1.807) is 7.11 Å². The highest BCUT2D eigenvalue weighted by atomic mass is 16.5. The number of aliphatic hydroxyl groups excluding tert-OH is 1. The largest absolute Gasteiger partial charge is 0.396 e. The van der Waals surface area contributed by atoms with Crippen molar-refractivity contribution in [3.05, 3.63) is 0 Å². The molecule has 0 aromatic heterocycles. The lowest BCUT2D eigenvalue weighted by Gasteiger charge is -2.25. The lowest BCUT2D eigenvalue weighted by atomic mass is 9.89. The molecule has 0 saturated heterocycles. The predicted octanol–water partition coefficient (Wildman–Crippen LogP) is 1.04. The van der Waals surface area contributed by atoms with Crippen molar-refractivity contribution >= 4 is 0 Å². The molecule has 0 aromatic rings. The maximum Gasteiger partial charge on any atom is 0.0700 e. The second kappa shape index (κ2) is 10.0. The Bertz CT molecular complexity index is 149. The van der Waals surface area contributed by atoms with Crippen molar-refractivity contribution in [2.24, 2.45) is 5.41 Å². The van der Waals surface area contributed by atoms with Crippen molar-refractivity contribution in [3.63, 3.8) is 0 Å². The van der Waals surface area contributed by atoms with E-state index < -0.39 is 0 Å². The molecule has 4 nitrogen and oxygen atoms in total. The number of methoxy groups -OCH3 is 1. The zero-order valence-electron chi connectivity index (χ0n) is 10.9. The van der Waals surface area contributed by atoms with E-state index in [4.69, 9.17) is 9.47 Å². The quantitative estimate of drug-likeness (QED) is 0.524. The Kier molecular flexibility index (Phi) is 9.92. The molecular formula is C12H27NO3. The predicted molar refractivity (Wildman–Crippen MR) is 65.7 cm³/mol. The SMILES string of the molecule is CCC(C)(CO)CNCCCOCCOC. The molecule has 0 amide bonds. The average Bonchev–Trinajstić information content (AvgIpc) is 2.32. The van der Waals surface area contributed by atoms with Gasteiger partial charge in [0, 0.05) is 32.3 Å². The maximum absolute atomic E-state index is 9.21. The summed E-state index contributed by atoms with van der Waals surface area (Å²) in [5, 5.41) is 12.6. The minimum atomic E-state index is 0.0108. The van der Waals surface area contributed by atoms with Crippen LogP contribution >= 0.6 is 0 Å². The van der Waals surface area contributed by atoms with Gasteiger partial charge in [0.25, 0.3) is 0 Å². The minimum absolute atomic E-state index is 0.0108. The molecule has 0 spiro atoms. The van der Waals surface area contributed by atoms with Crippen molar-refractivity contribution in [1.82, 2.24) is 5.32 Å². The fourth-order valence-corrected chi connectivity index (χ4v) is 1.23. The number of nitrogens with one attached hydrogen (secondary N) is 1. The van der Waals surface area contributed by atoms with Crippen LogP contribution in [0.3, 0.4) is 0 Å². The Labute approximate surface area is 99.3 Å². The van der Waals surface area contributed by atoms with Gasteiger partial charge in [-0.05, 0) is 19.4 Å². The molecule has 16 heavy (non-hydrogen) atoms. The third-order valence-electron chi connectivity index (χ3n) is 2.86. The first kappa shape index (κ1) is 15.8. The fraction of sp³-hybridized carbons (Fsp3) is 1.00. The molecule has 0 aliphatic heterocycles. The Morgan fingerprint density at radius 2 is 2.00 bits per heavy atom. The van der Waals surface area contributed by atoms with E-state index in [9.17, 15) is 5.11 Å². The number of hydrogen-bond acceptors (Lipinski definition) is 4. The molecule has 0 rings (SSSR count). The van der Waals surface area contributed by atoms with E-state index >= 15 is 0 Å². The van der Waals surface area contributed by atoms with Crippen molar-refractivity contribution < 1.29 is 14.6 Å². The number of ether oxygens (including phenoxy) is 2. The van der Waals surface area contributed by atoms with Gasteiger partial charge in [0.1, 0.15) is 0 Å². The van der Waals surface area contributed by atoms with Crippen LogP contribution in [0.25, 0.3) is 0 Å². The van der Waals surface area contributed by atoms with Gasteiger partial charge in [0.2, 0.25) is 0 Å². The molecule has 1 atom stereocenters. The molecule has 4 heteroatoms. The maximum atomic E-state index is 9.21. The second-order valence-electron chi connectivity index (χ2n) is 4.46. The van der Waals surface area contributed by atoms with Gasteiger partial charge in [-0.25, -0.2) is 0 Å². The van der Waals surface area contributed by atoms with Crippen LogP contribution in [0.4, 0.5) is 0 Å². The first-order chi connectivity index (χ1) is 7.68. The van der Waals surface area contributed by atoms with Crippen LogP contribution in [0, 0.1) is 5.41 Å². The van der Waals surface area contributed by atoms with Crippen LogP contribution in [0.15, 0.2) is 0 Å². The molecule has 1 unspecified atom stereocenters. The van der Waals surface area contributed by atoms with Gasteiger partial charge in [-0.15, -0.1) is 0 Å². The smallest absolute Gasteiger partial charge is 0.0700 e. The molecule has 98 valence electrons. The van der Waals surface area contributed by atoms with E-state index in [0.717, 1.165) is 32.5 Å². The summed E-state index contributed by atoms with van der Waals surface area (Å²) in [7, 11) is 1.67. The van der Waals surface area contributed by atoms with Gasteiger partial charge in [0.15, 0.2) is 0 Å². The molecular weight excluding hydrogens is 206 g/mol. The van der Waals surface area contributed by atoms with Crippen LogP contribution in [-0.2, 0) is 9.47 Å². The third-order valence-corrected chi connectivity index (χ3v) is 2.86. The van der Waals surface area contributed by atoms with Gasteiger partial charge < -0.3 is 19.9 Å². The summed E-state index contributed by atoms with van der Waals surface area (Å²) in [4.78, 5) is 0. The average molecular weight is 233 g/mol. The summed E-state index contributed by atoms with van der Waals surface area (Å²) in [5.74, 6) is 0. The van der Waals surface area contributed by atoms with Crippen LogP contribution in [-0.4, -0.2) is 51.7 Å². The van der Waals surface area contributed by atoms with E-state index in [0.29, 0.717) is 13.2 Å². The first-order valence-corrected chi connectivity index (χ1v) is 6.07. The molecule has 0 heterocycles. The highest BCUT2D eigenvalue weighted by Gasteiger charge is 2.19. The fourth-order valence-electron chi connectivity index (χ4n) is 1.23. The molecule has 2 N–H and O–H groups in total. The molecule has 0 fully saturated rings. The zero-order valence-corrected chi connectivity index (χ0v) is 10.9. The molecule has 0 radical (unpaired) electrons. The van der Waals surface area contributed by atoms with E-state index in [1.807, 2.05) is 0 Å². The van der Waals surface area contributed by atoms with Crippen molar-refractivity contribution in [2.45, 2.75) is 26.7 Å². The van der Waals surface area contributed by atoms with Gasteiger partial charge in [-0.2, -0.15) is 0 Å².